The third-order valence-electron chi connectivity index (χ3n) is 3.48. The van der Waals surface area contributed by atoms with Gasteiger partial charge in [-0.05, 0) is 31.0 Å². The van der Waals surface area contributed by atoms with Gasteiger partial charge in [0.2, 0.25) is 0 Å². The van der Waals surface area contributed by atoms with Crippen LogP contribution >= 0.6 is 0 Å². The molecular weight excluding hydrogens is 214 g/mol. The van der Waals surface area contributed by atoms with Crippen molar-refractivity contribution in [2.45, 2.75) is 24.8 Å². The van der Waals surface area contributed by atoms with E-state index in [1.54, 1.807) is 0 Å². The van der Waals surface area contributed by atoms with E-state index in [-0.39, 0.29) is 0 Å². The largest absolute Gasteiger partial charge is 0.440 e. The van der Waals surface area contributed by atoms with Crippen molar-refractivity contribution in [2.75, 3.05) is 18.4 Å². The summed E-state index contributed by atoms with van der Waals surface area (Å²) >= 11 is 0. The minimum atomic E-state index is 0.558. The number of hydrogen-bond donors (Lipinski definition) is 2. The predicted molar refractivity (Wildman–Crippen MR) is 66.3 cm³/mol. The molecule has 1 aromatic carbocycles. The highest BCUT2D eigenvalue weighted by Crippen LogP contribution is 2.40. The molecule has 2 aromatic rings. The van der Waals surface area contributed by atoms with Gasteiger partial charge in [0.1, 0.15) is 5.52 Å². The van der Waals surface area contributed by atoms with E-state index >= 15 is 0 Å². The first-order chi connectivity index (χ1) is 8.38. The van der Waals surface area contributed by atoms with Gasteiger partial charge in [-0.1, -0.05) is 0 Å². The summed E-state index contributed by atoms with van der Waals surface area (Å²) in [6.07, 6.45) is 2.46. The Balaban J connectivity index is 1.65. The summed E-state index contributed by atoms with van der Waals surface area (Å²) < 4.78 is 5.74. The minimum Gasteiger partial charge on any atom is -0.440 e. The Morgan fingerprint density at radius 1 is 1.29 bits per heavy atom. The molecule has 1 aromatic heterocycles. The summed E-state index contributed by atoms with van der Waals surface area (Å²) in [5, 5.41) is 6.73. The molecule has 1 saturated carbocycles. The van der Waals surface area contributed by atoms with E-state index in [9.17, 15) is 0 Å². The van der Waals surface area contributed by atoms with Crippen LogP contribution in [0.15, 0.2) is 22.6 Å². The molecule has 4 heteroatoms. The van der Waals surface area contributed by atoms with Gasteiger partial charge in [0, 0.05) is 24.7 Å². The third-order valence-corrected chi connectivity index (χ3v) is 3.48. The Morgan fingerprint density at radius 2 is 2.18 bits per heavy atom. The lowest BCUT2D eigenvalue weighted by molar-refractivity contribution is 0.472. The van der Waals surface area contributed by atoms with E-state index in [0.717, 1.165) is 35.8 Å². The van der Waals surface area contributed by atoms with Crippen LogP contribution in [-0.2, 0) is 0 Å². The van der Waals surface area contributed by atoms with Gasteiger partial charge in [-0.25, -0.2) is 4.98 Å². The molecule has 1 saturated heterocycles. The molecule has 0 unspecified atom stereocenters. The summed E-state index contributed by atoms with van der Waals surface area (Å²) in [7, 11) is 0. The van der Waals surface area contributed by atoms with Gasteiger partial charge in [0.05, 0.1) is 6.04 Å². The number of fused-ring (bicyclic) bond motifs is 1. The van der Waals surface area contributed by atoms with E-state index < -0.39 is 0 Å². The monoisotopic (exact) mass is 229 g/mol. The zero-order valence-electron chi connectivity index (χ0n) is 9.57. The van der Waals surface area contributed by atoms with E-state index in [1.165, 1.54) is 12.8 Å². The van der Waals surface area contributed by atoms with Crippen molar-refractivity contribution >= 4 is 16.8 Å². The fraction of sp³-hybridized carbons (Fsp3) is 0.462. The maximum Gasteiger partial charge on any atom is 0.198 e. The van der Waals surface area contributed by atoms with Crippen molar-refractivity contribution in [3.8, 4) is 0 Å². The molecule has 2 heterocycles. The van der Waals surface area contributed by atoms with Crippen molar-refractivity contribution in [3.63, 3.8) is 0 Å². The lowest BCUT2D eigenvalue weighted by Crippen LogP contribution is -2.51. The molecule has 17 heavy (non-hydrogen) atoms. The van der Waals surface area contributed by atoms with Crippen molar-refractivity contribution in [2.24, 2.45) is 0 Å². The maximum absolute atomic E-state index is 5.74. The summed E-state index contributed by atoms with van der Waals surface area (Å²) in [6.45, 7) is 2.09. The molecule has 0 spiro atoms. The van der Waals surface area contributed by atoms with Crippen LogP contribution < -0.4 is 10.6 Å². The zero-order chi connectivity index (χ0) is 11.2. The second kappa shape index (κ2) is 3.47. The topological polar surface area (TPSA) is 50.1 Å². The van der Waals surface area contributed by atoms with E-state index in [2.05, 4.69) is 27.8 Å². The Bertz CT molecular complexity index is 555. The van der Waals surface area contributed by atoms with E-state index in [1.807, 2.05) is 6.07 Å². The van der Waals surface area contributed by atoms with Crippen LogP contribution in [-0.4, -0.2) is 24.1 Å². The highest BCUT2D eigenvalue weighted by atomic mass is 16.3. The van der Waals surface area contributed by atoms with Crippen LogP contribution in [0, 0.1) is 0 Å². The smallest absolute Gasteiger partial charge is 0.198 e. The molecule has 2 aliphatic rings. The van der Waals surface area contributed by atoms with Crippen LogP contribution in [0.5, 0.6) is 0 Å². The van der Waals surface area contributed by atoms with Crippen LogP contribution in [0.4, 0.5) is 5.69 Å². The van der Waals surface area contributed by atoms with Gasteiger partial charge in [-0.2, -0.15) is 0 Å². The van der Waals surface area contributed by atoms with Crippen LogP contribution in [0.1, 0.15) is 24.7 Å². The number of nitrogens with one attached hydrogen (secondary N) is 2. The van der Waals surface area contributed by atoms with Crippen LogP contribution in [0.2, 0.25) is 0 Å². The van der Waals surface area contributed by atoms with E-state index in [4.69, 9.17) is 4.42 Å². The first kappa shape index (κ1) is 9.48. The molecule has 4 nitrogen and oxygen atoms in total. The van der Waals surface area contributed by atoms with Crippen molar-refractivity contribution in [1.82, 2.24) is 10.3 Å². The summed E-state index contributed by atoms with van der Waals surface area (Å²) in [5.74, 6) is 1.50. The first-order valence-corrected chi connectivity index (χ1v) is 6.26. The average molecular weight is 229 g/mol. The quantitative estimate of drug-likeness (QED) is 0.846. The predicted octanol–water partition coefficient (Wildman–Crippen LogP) is 2.09. The lowest BCUT2D eigenvalue weighted by atomic mass is 10.1. The van der Waals surface area contributed by atoms with Crippen molar-refractivity contribution in [1.29, 1.82) is 0 Å². The highest BCUT2D eigenvalue weighted by Gasteiger charge is 2.28. The number of hydrogen-bond acceptors (Lipinski definition) is 4. The fourth-order valence-electron chi connectivity index (χ4n) is 2.17. The van der Waals surface area contributed by atoms with E-state index in [0.29, 0.717) is 12.0 Å². The number of oxazole rings is 1. The summed E-state index contributed by atoms with van der Waals surface area (Å²) in [4.78, 5) is 4.56. The van der Waals surface area contributed by atoms with Crippen LogP contribution in [0.3, 0.4) is 0 Å². The average Bonchev–Trinajstić information content (AvgIpc) is 3.04. The third kappa shape index (κ3) is 1.69. The molecule has 0 atom stereocenters. The fourth-order valence-corrected chi connectivity index (χ4v) is 2.17. The Morgan fingerprint density at radius 3 is 2.88 bits per heavy atom. The molecule has 2 fully saturated rings. The van der Waals surface area contributed by atoms with Crippen LogP contribution in [0.25, 0.3) is 11.1 Å². The zero-order valence-corrected chi connectivity index (χ0v) is 9.57. The second-order valence-corrected chi connectivity index (χ2v) is 5.01. The number of aromatic nitrogens is 1. The molecule has 4 rings (SSSR count). The Labute approximate surface area is 99.4 Å². The van der Waals surface area contributed by atoms with Gasteiger partial charge in [0.15, 0.2) is 11.5 Å². The minimum absolute atomic E-state index is 0.558. The van der Waals surface area contributed by atoms with Gasteiger partial charge >= 0.3 is 0 Å². The molecule has 0 radical (unpaired) electrons. The number of nitrogens with zero attached hydrogens (tertiary/aromatic N) is 1. The van der Waals surface area contributed by atoms with Gasteiger partial charge in [-0.3, -0.25) is 0 Å². The lowest BCUT2D eigenvalue weighted by Gasteiger charge is -2.28. The van der Waals surface area contributed by atoms with Crippen molar-refractivity contribution < 1.29 is 4.42 Å². The molecule has 1 aliphatic carbocycles. The molecule has 0 bridgehead atoms. The Hall–Kier alpha value is -1.55. The molecule has 88 valence electrons. The molecule has 2 N–H and O–H groups in total. The summed E-state index contributed by atoms with van der Waals surface area (Å²) in [6, 6.07) is 6.73. The number of benzene rings is 1. The van der Waals surface area contributed by atoms with Gasteiger partial charge < -0.3 is 15.1 Å². The molecule has 0 amide bonds. The molecule has 1 aliphatic heterocycles. The summed E-state index contributed by atoms with van der Waals surface area (Å²) in [5.41, 5.74) is 3.02. The Kier molecular flexibility index (Phi) is 1.93. The molecular formula is C13H15N3O. The maximum atomic E-state index is 5.74. The SMILES string of the molecule is c1cc2oc(C3CC3)nc2cc1NC1CNC1. The standard InChI is InChI=1S/C13H15N3O/c1-2-8(1)13-16-11-5-9(3-4-12(11)17-13)15-10-6-14-7-10/h3-5,8,10,14-15H,1-2,6-7H2. The second-order valence-electron chi connectivity index (χ2n) is 5.01. The van der Waals surface area contributed by atoms with Crippen molar-refractivity contribution in [3.05, 3.63) is 24.1 Å². The van der Waals surface area contributed by atoms with Gasteiger partial charge in [-0.15, -0.1) is 0 Å². The normalized spacial score (nSPS) is 20.5. The number of anilines is 1. The van der Waals surface area contributed by atoms with Gasteiger partial charge in [0.25, 0.3) is 0 Å². The highest BCUT2D eigenvalue weighted by molar-refractivity contribution is 5.77. The first-order valence-electron chi connectivity index (χ1n) is 6.26. The number of rotatable bonds is 3.